The number of fused-ring (bicyclic) bond motifs is 1. The summed E-state index contributed by atoms with van der Waals surface area (Å²) in [6.07, 6.45) is 0.994. The quantitative estimate of drug-likeness (QED) is 0.937. The summed E-state index contributed by atoms with van der Waals surface area (Å²) in [5, 5.41) is 6.12. The molecular weight excluding hydrogens is 308 g/mol. The highest BCUT2D eigenvalue weighted by Gasteiger charge is 2.28. The minimum atomic E-state index is -0.408. The van der Waals surface area contributed by atoms with E-state index in [1.807, 2.05) is 24.3 Å². The highest BCUT2D eigenvalue weighted by atomic mass is 32.1. The molecular formula is C18H22N2O2S. The van der Waals surface area contributed by atoms with Gasteiger partial charge in [0.25, 0.3) is 5.91 Å². The standard InChI is InChI=1S/C18H22N2O2S/c1-18(2,3)15-11-23-16(20-15)8-9-19-17(21)14-10-12-6-4-5-7-13(12)22-14/h4-7,11,14H,8-10H2,1-3H3,(H,19,21)/t14-/m1/s1. The van der Waals surface area contributed by atoms with Gasteiger partial charge in [0, 0.05) is 30.2 Å². The Hall–Kier alpha value is -1.88. The molecule has 0 aliphatic carbocycles. The highest BCUT2D eigenvalue weighted by molar-refractivity contribution is 7.09. The predicted octanol–water partition coefficient (Wildman–Crippen LogP) is 3.10. The molecule has 1 aliphatic heterocycles. The van der Waals surface area contributed by atoms with Gasteiger partial charge in [0.1, 0.15) is 5.75 Å². The maximum Gasteiger partial charge on any atom is 0.261 e. The van der Waals surface area contributed by atoms with E-state index in [4.69, 9.17) is 4.74 Å². The molecule has 1 aromatic carbocycles. The van der Waals surface area contributed by atoms with Crippen molar-refractivity contribution < 1.29 is 9.53 Å². The molecule has 1 atom stereocenters. The molecule has 0 unspecified atom stereocenters. The van der Waals surface area contributed by atoms with E-state index in [0.717, 1.165) is 28.4 Å². The van der Waals surface area contributed by atoms with Crippen molar-refractivity contribution in [3.63, 3.8) is 0 Å². The molecule has 0 fully saturated rings. The molecule has 0 saturated heterocycles. The van der Waals surface area contributed by atoms with Gasteiger partial charge in [0.2, 0.25) is 0 Å². The van der Waals surface area contributed by atoms with Gasteiger partial charge in [0.05, 0.1) is 10.7 Å². The SMILES string of the molecule is CC(C)(C)c1csc(CCNC(=O)[C@H]2Cc3ccccc3O2)n1. The van der Waals surface area contributed by atoms with E-state index in [1.54, 1.807) is 11.3 Å². The second kappa shape index (κ2) is 6.32. The van der Waals surface area contributed by atoms with E-state index in [9.17, 15) is 4.79 Å². The Balaban J connectivity index is 1.48. The van der Waals surface area contributed by atoms with Crippen molar-refractivity contribution in [3.8, 4) is 5.75 Å². The monoisotopic (exact) mass is 330 g/mol. The van der Waals surface area contributed by atoms with Crippen molar-refractivity contribution in [2.75, 3.05) is 6.54 Å². The molecule has 3 rings (SSSR count). The van der Waals surface area contributed by atoms with Crippen LogP contribution in [-0.2, 0) is 23.1 Å². The van der Waals surface area contributed by atoms with Gasteiger partial charge in [-0.2, -0.15) is 0 Å². The van der Waals surface area contributed by atoms with Crippen molar-refractivity contribution >= 4 is 17.2 Å². The molecule has 1 N–H and O–H groups in total. The van der Waals surface area contributed by atoms with Crippen LogP contribution in [-0.4, -0.2) is 23.5 Å². The van der Waals surface area contributed by atoms with Crippen LogP contribution in [0.1, 0.15) is 37.0 Å². The third kappa shape index (κ3) is 3.72. The molecule has 0 bridgehead atoms. The number of benzene rings is 1. The van der Waals surface area contributed by atoms with E-state index in [1.165, 1.54) is 0 Å². The van der Waals surface area contributed by atoms with Crippen LogP contribution in [0.4, 0.5) is 0 Å². The van der Waals surface area contributed by atoms with Crippen molar-refractivity contribution in [1.82, 2.24) is 10.3 Å². The van der Waals surface area contributed by atoms with Crippen LogP contribution < -0.4 is 10.1 Å². The largest absolute Gasteiger partial charge is 0.480 e. The number of carbonyl (C=O) groups excluding carboxylic acids is 1. The lowest BCUT2D eigenvalue weighted by Crippen LogP contribution is -2.38. The minimum Gasteiger partial charge on any atom is -0.480 e. The fourth-order valence-corrected chi connectivity index (χ4v) is 3.53. The zero-order valence-corrected chi connectivity index (χ0v) is 14.6. The Labute approximate surface area is 140 Å². The first-order valence-electron chi connectivity index (χ1n) is 7.90. The molecule has 0 spiro atoms. The number of thiazole rings is 1. The Morgan fingerprint density at radius 3 is 2.87 bits per heavy atom. The first-order valence-corrected chi connectivity index (χ1v) is 8.78. The molecule has 23 heavy (non-hydrogen) atoms. The number of hydrogen-bond donors (Lipinski definition) is 1. The number of aromatic nitrogens is 1. The van der Waals surface area contributed by atoms with Gasteiger partial charge in [-0.3, -0.25) is 4.79 Å². The van der Waals surface area contributed by atoms with Crippen molar-refractivity contribution in [2.24, 2.45) is 0 Å². The Bertz CT molecular complexity index is 678. The van der Waals surface area contributed by atoms with Gasteiger partial charge >= 0.3 is 0 Å². The smallest absolute Gasteiger partial charge is 0.261 e. The lowest BCUT2D eigenvalue weighted by Gasteiger charge is -2.14. The van der Waals surface area contributed by atoms with Crippen LogP contribution in [0.3, 0.4) is 0 Å². The summed E-state index contributed by atoms with van der Waals surface area (Å²) >= 11 is 1.66. The van der Waals surface area contributed by atoms with Gasteiger partial charge in [-0.15, -0.1) is 11.3 Å². The second-order valence-corrected chi connectivity index (χ2v) is 7.78. The molecule has 1 aliphatic rings. The molecule has 0 saturated carbocycles. The molecule has 0 radical (unpaired) electrons. The van der Waals surface area contributed by atoms with Gasteiger partial charge < -0.3 is 10.1 Å². The van der Waals surface area contributed by atoms with Crippen LogP contribution in [0.25, 0.3) is 0 Å². The molecule has 2 aromatic rings. The van der Waals surface area contributed by atoms with E-state index >= 15 is 0 Å². The number of rotatable bonds is 4. The topological polar surface area (TPSA) is 51.2 Å². The summed E-state index contributed by atoms with van der Waals surface area (Å²) in [5.74, 6) is 0.774. The number of nitrogens with zero attached hydrogens (tertiary/aromatic N) is 1. The van der Waals surface area contributed by atoms with Crippen LogP contribution in [0, 0.1) is 0 Å². The van der Waals surface area contributed by atoms with Crippen LogP contribution in [0.5, 0.6) is 5.75 Å². The first-order chi connectivity index (χ1) is 10.9. The summed E-state index contributed by atoms with van der Waals surface area (Å²) in [5.41, 5.74) is 2.28. The summed E-state index contributed by atoms with van der Waals surface area (Å²) in [4.78, 5) is 16.9. The van der Waals surface area contributed by atoms with Gasteiger partial charge in [0.15, 0.2) is 6.10 Å². The van der Waals surface area contributed by atoms with Gasteiger partial charge in [-0.1, -0.05) is 39.0 Å². The zero-order chi connectivity index (χ0) is 16.4. The van der Waals surface area contributed by atoms with Crippen molar-refractivity contribution in [3.05, 3.63) is 45.9 Å². The van der Waals surface area contributed by atoms with E-state index in [-0.39, 0.29) is 11.3 Å². The summed E-state index contributed by atoms with van der Waals surface area (Å²) in [6, 6.07) is 7.81. The normalized spacial score (nSPS) is 16.7. The van der Waals surface area contributed by atoms with Crippen molar-refractivity contribution in [1.29, 1.82) is 0 Å². The van der Waals surface area contributed by atoms with E-state index in [2.05, 4.69) is 36.5 Å². The number of ether oxygens (including phenoxy) is 1. The third-order valence-corrected chi connectivity index (χ3v) is 4.81. The summed E-state index contributed by atoms with van der Waals surface area (Å²) in [7, 11) is 0. The molecule has 1 amide bonds. The Morgan fingerprint density at radius 2 is 2.17 bits per heavy atom. The second-order valence-electron chi connectivity index (χ2n) is 6.84. The van der Waals surface area contributed by atoms with Crippen LogP contribution in [0.15, 0.2) is 29.6 Å². The highest BCUT2D eigenvalue weighted by Crippen LogP contribution is 2.28. The van der Waals surface area contributed by atoms with E-state index in [0.29, 0.717) is 13.0 Å². The lowest BCUT2D eigenvalue weighted by atomic mass is 9.93. The summed E-state index contributed by atoms with van der Waals surface area (Å²) in [6.45, 7) is 7.06. The average Bonchev–Trinajstić information content (AvgIpc) is 3.13. The fraction of sp³-hybridized carbons (Fsp3) is 0.444. The Kier molecular flexibility index (Phi) is 4.39. The number of para-hydroxylation sites is 1. The maximum absolute atomic E-state index is 12.2. The average molecular weight is 330 g/mol. The Morgan fingerprint density at radius 1 is 1.39 bits per heavy atom. The molecule has 122 valence electrons. The fourth-order valence-electron chi connectivity index (χ4n) is 2.50. The van der Waals surface area contributed by atoms with E-state index < -0.39 is 6.10 Å². The van der Waals surface area contributed by atoms with Crippen LogP contribution in [0.2, 0.25) is 0 Å². The molecule has 4 nitrogen and oxygen atoms in total. The van der Waals surface area contributed by atoms with Crippen molar-refractivity contribution in [2.45, 2.75) is 45.1 Å². The maximum atomic E-state index is 12.2. The number of nitrogens with one attached hydrogen (secondary N) is 1. The number of carbonyl (C=O) groups is 1. The number of amides is 1. The van der Waals surface area contributed by atoms with Crippen LogP contribution >= 0.6 is 11.3 Å². The first kappa shape index (κ1) is 16.0. The number of hydrogen-bond acceptors (Lipinski definition) is 4. The minimum absolute atomic E-state index is 0.0474. The molecule has 2 heterocycles. The predicted molar refractivity (Wildman–Crippen MR) is 92.1 cm³/mol. The zero-order valence-electron chi connectivity index (χ0n) is 13.8. The molecule has 1 aromatic heterocycles. The van der Waals surface area contributed by atoms with Gasteiger partial charge in [-0.05, 0) is 11.6 Å². The lowest BCUT2D eigenvalue weighted by molar-refractivity contribution is -0.127. The van der Waals surface area contributed by atoms with Gasteiger partial charge in [-0.25, -0.2) is 4.98 Å². The summed E-state index contributed by atoms with van der Waals surface area (Å²) < 4.78 is 5.70. The molecule has 5 heteroatoms. The third-order valence-electron chi connectivity index (χ3n) is 3.90.